The highest BCUT2D eigenvalue weighted by atomic mass is 35.5. The fourth-order valence-electron chi connectivity index (χ4n) is 7.19. The highest BCUT2D eigenvalue weighted by Crippen LogP contribution is 2.55. The summed E-state index contributed by atoms with van der Waals surface area (Å²) in [6, 6.07) is 14.7. The van der Waals surface area contributed by atoms with Crippen LogP contribution in [0.25, 0.3) is 23.2 Å². The number of benzene rings is 2. The first-order valence-electron chi connectivity index (χ1n) is 18.1. The molecule has 0 unspecified atom stereocenters. The Morgan fingerprint density at radius 2 is 1.46 bits per heavy atom. The summed E-state index contributed by atoms with van der Waals surface area (Å²) in [5, 5.41) is 17.0. The molecule has 57 heavy (non-hydrogen) atoms. The van der Waals surface area contributed by atoms with Crippen LogP contribution >= 0.6 is 11.6 Å². The van der Waals surface area contributed by atoms with Gasteiger partial charge in [-0.05, 0) is 73.6 Å². The summed E-state index contributed by atoms with van der Waals surface area (Å²) in [6.45, 7) is 1.66. The Kier molecular flexibility index (Phi) is 9.91. The molecule has 14 nitrogen and oxygen atoms in total. The third-order valence-electron chi connectivity index (χ3n) is 10.6. The van der Waals surface area contributed by atoms with E-state index in [9.17, 15) is 30.0 Å². The quantitative estimate of drug-likeness (QED) is 0.110. The average molecular weight is 845 g/mol. The molecule has 0 saturated heterocycles. The van der Waals surface area contributed by atoms with Crippen LogP contribution in [0.4, 0.5) is 13.2 Å². The molecule has 2 saturated carbocycles. The van der Waals surface area contributed by atoms with E-state index in [1.165, 1.54) is 16.8 Å². The van der Waals surface area contributed by atoms with Crippen LogP contribution in [0.2, 0.25) is 5.02 Å². The van der Waals surface area contributed by atoms with Crippen LogP contribution < -0.4 is 0 Å². The van der Waals surface area contributed by atoms with Gasteiger partial charge in [-0.1, -0.05) is 52.2 Å². The van der Waals surface area contributed by atoms with Crippen molar-refractivity contribution in [1.82, 2.24) is 39.8 Å². The molecule has 2 aliphatic carbocycles. The van der Waals surface area contributed by atoms with Crippen LogP contribution in [-0.4, -0.2) is 80.2 Å². The lowest BCUT2D eigenvalue weighted by Gasteiger charge is -2.13. The summed E-state index contributed by atoms with van der Waals surface area (Å²) < 4.78 is 106. The van der Waals surface area contributed by atoms with E-state index in [0.29, 0.717) is 29.9 Å². The number of hydrogen-bond donors (Lipinski definition) is 0. The number of halogens is 4. The predicted molar refractivity (Wildman–Crippen MR) is 201 cm³/mol. The van der Waals surface area contributed by atoms with Crippen molar-refractivity contribution in [2.24, 2.45) is 0 Å². The fourth-order valence-corrected chi connectivity index (χ4v) is 9.22. The van der Waals surface area contributed by atoms with E-state index >= 15 is 0 Å². The molecule has 2 aliphatic rings. The number of aryl methyl sites for hydroxylation is 4. The lowest BCUT2D eigenvalue weighted by molar-refractivity contribution is 0.145. The SMILES string of the molecule is Cc1ccccc1C1(c2noc(-c3cc(CCS(=O)(=O)CCn4nc(C(F)F)cc4-c4nc(C5(c6ccc(F)cc6Cl)CC5)no4)n(CCS(C)(=O)=O)n3)n2)CC1. The monoisotopic (exact) mass is 844 g/mol. The average Bonchev–Trinajstić information content (AvgIpc) is 3.79. The van der Waals surface area contributed by atoms with E-state index in [1.807, 2.05) is 31.2 Å². The van der Waals surface area contributed by atoms with Crippen molar-refractivity contribution in [2.45, 2.75) is 69.4 Å². The van der Waals surface area contributed by atoms with Crippen LogP contribution in [0.15, 0.2) is 63.6 Å². The molecule has 0 aliphatic heterocycles. The Labute approximate surface area is 330 Å². The molecule has 6 aromatic rings. The van der Waals surface area contributed by atoms with Crippen molar-refractivity contribution < 1.29 is 39.1 Å². The molecule has 2 fully saturated rings. The van der Waals surface area contributed by atoms with Gasteiger partial charge in [0.2, 0.25) is 0 Å². The topological polar surface area (TPSA) is 182 Å². The van der Waals surface area contributed by atoms with Crippen LogP contribution in [0, 0.1) is 12.7 Å². The van der Waals surface area contributed by atoms with Crippen LogP contribution in [0.1, 0.15) is 71.8 Å². The normalized spacial score (nSPS) is 16.1. The zero-order valence-corrected chi connectivity index (χ0v) is 33.1. The molecular weight excluding hydrogens is 809 g/mol. The number of rotatable bonds is 16. The van der Waals surface area contributed by atoms with Gasteiger partial charge in [-0.25, -0.2) is 30.0 Å². The Bertz CT molecular complexity index is 2700. The highest BCUT2D eigenvalue weighted by molar-refractivity contribution is 7.91. The highest BCUT2D eigenvalue weighted by Gasteiger charge is 2.52. The second-order valence-corrected chi connectivity index (χ2v) is 19.7. The van der Waals surface area contributed by atoms with Gasteiger partial charge in [-0.3, -0.25) is 9.36 Å². The van der Waals surface area contributed by atoms with E-state index < -0.39 is 48.8 Å². The minimum absolute atomic E-state index is 0.00178. The van der Waals surface area contributed by atoms with Gasteiger partial charge in [-0.2, -0.15) is 20.2 Å². The third-order valence-corrected chi connectivity index (χ3v) is 13.5. The third kappa shape index (κ3) is 7.88. The van der Waals surface area contributed by atoms with Gasteiger partial charge in [0.15, 0.2) is 27.2 Å². The fraction of sp³-hybridized carbons (Fsp3) is 0.405. The number of alkyl halides is 2. The molecule has 0 spiro atoms. The Balaban J connectivity index is 0.996. The van der Waals surface area contributed by atoms with E-state index in [4.69, 9.17) is 20.6 Å². The summed E-state index contributed by atoms with van der Waals surface area (Å²) in [6.07, 6.45) is 0.946. The van der Waals surface area contributed by atoms with Gasteiger partial charge in [0.05, 0.1) is 41.2 Å². The molecule has 0 radical (unpaired) electrons. The zero-order chi connectivity index (χ0) is 40.3. The second-order valence-electron chi connectivity index (χ2n) is 14.7. The van der Waals surface area contributed by atoms with Gasteiger partial charge >= 0.3 is 0 Å². The van der Waals surface area contributed by atoms with Crippen LogP contribution in [-0.2, 0) is 50.0 Å². The summed E-state index contributed by atoms with van der Waals surface area (Å²) >= 11 is 6.33. The van der Waals surface area contributed by atoms with Crippen molar-refractivity contribution >= 4 is 31.3 Å². The molecule has 4 heterocycles. The van der Waals surface area contributed by atoms with Gasteiger partial charge in [-0.15, -0.1) is 0 Å². The zero-order valence-electron chi connectivity index (χ0n) is 30.7. The summed E-state index contributed by atoms with van der Waals surface area (Å²) in [5.74, 6) is -0.917. The molecule has 2 aromatic carbocycles. The molecule has 0 bridgehead atoms. The second kappa shape index (κ2) is 14.5. The molecule has 0 atom stereocenters. The molecule has 300 valence electrons. The molecule has 8 rings (SSSR count). The number of nitrogens with zero attached hydrogens (tertiary/aromatic N) is 8. The van der Waals surface area contributed by atoms with Crippen LogP contribution in [0.5, 0.6) is 0 Å². The summed E-state index contributed by atoms with van der Waals surface area (Å²) in [4.78, 5) is 9.13. The van der Waals surface area contributed by atoms with Gasteiger partial charge in [0.25, 0.3) is 18.2 Å². The van der Waals surface area contributed by atoms with E-state index in [1.54, 1.807) is 12.1 Å². The number of sulfone groups is 2. The first-order valence-corrected chi connectivity index (χ1v) is 22.3. The molecule has 20 heteroatoms. The minimum atomic E-state index is -3.87. The van der Waals surface area contributed by atoms with Gasteiger partial charge in [0.1, 0.15) is 27.0 Å². The van der Waals surface area contributed by atoms with Crippen molar-refractivity contribution in [3.8, 4) is 23.2 Å². The van der Waals surface area contributed by atoms with E-state index in [0.717, 1.165) is 41.0 Å². The lowest BCUT2D eigenvalue weighted by atomic mass is 9.91. The number of hydrogen-bond acceptors (Lipinski definition) is 12. The first-order chi connectivity index (χ1) is 27.1. The largest absolute Gasteiger partial charge is 0.332 e. The van der Waals surface area contributed by atoms with Crippen LogP contribution in [0.3, 0.4) is 0 Å². The number of aromatic nitrogens is 8. The standard InChI is InChI=1S/C37H36ClF3N8O6S2/c1-22-5-3-4-6-25(22)36(10-11-36)34-42-32(54-46-34)29-20-24(48(45-29)14-17-56(2,50)51)9-16-57(52,53)18-15-49-30(21-28(44-49)31(40)41)33-43-35(47-55-33)37(12-13-37)26-8-7-23(39)19-27(26)38/h3-8,19-21,31H,9-18H2,1-2H3. The maximum Gasteiger partial charge on any atom is 0.282 e. The van der Waals surface area contributed by atoms with Crippen molar-refractivity contribution in [2.75, 3.05) is 23.5 Å². The molecular formula is C37H36ClF3N8O6S2. The smallest absolute Gasteiger partial charge is 0.282 e. The Hall–Kier alpha value is -4.88. The lowest BCUT2D eigenvalue weighted by Crippen LogP contribution is -2.20. The maximum atomic E-state index is 13.9. The van der Waals surface area contributed by atoms with Crippen molar-refractivity contribution in [1.29, 1.82) is 0 Å². The molecule has 4 aromatic heterocycles. The van der Waals surface area contributed by atoms with E-state index in [2.05, 4.69) is 30.5 Å². The summed E-state index contributed by atoms with van der Waals surface area (Å²) in [7, 11) is -7.27. The Morgan fingerprint density at radius 3 is 2.11 bits per heavy atom. The maximum absolute atomic E-state index is 13.9. The van der Waals surface area contributed by atoms with E-state index in [-0.39, 0.29) is 70.4 Å². The van der Waals surface area contributed by atoms with Crippen molar-refractivity contribution in [3.05, 3.63) is 105 Å². The van der Waals surface area contributed by atoms with Gasteiger partial charge < -0.3 is 9.05 Å². The Morgan fingerprint density at radius 1 is 0.807 bits per heavy atom. The molecule has 0 amide bonds. The first kappa shape index (κ1) is 39.0. The molecule has 0 N–H and O–H groups in total. The minimum Gasteiger partial charge on any atom is -0.332 e. The predicted octanol–water partition coefficient (Wildman–Crippen LogP) is 6.08. The van der Waals surface area contributed by atoms with Crippen molar-refractivity contribution in [3.63, 3.8) is 0 Å². The van der Waals surface area contributed by atoms with Gasteiger partial charge in [0, 0.05) is 23.4 Å². The summed E-state index contributed by atoms with van der Waals surface area (Å²) in [5.41, 5.74) is 1.77.